The summed E-state index contributed by atoms with van der Waals surface area (Å²) in [5, 5.41) is 13.0. The van der Waals surface area contributed by atoms with Crippen LogP contribution in [0.3, 0.4) is 0 Å². The second-order valence-corrected chi connectivity index (χ2v) is 12.1. The number of benzene rings is 4. The van der Waals surface area contributed by atoms with Gasteiger partial charge < -0.3 is 15.2 Å². The van der Waals surface area contributed by atoms with Crippen LogP contribution in [0, 0.1) is 5.92 Å². The molecule has 0 spiro atoms. The molecule has 4 rings (SSSR count). The normalized spacial score (nSPS) is 12.7. The van der Waals surface area contributed by atoms with Gasteiger partial charge in [-0.2, -0.15) is 13.2 Å². The summed E-state index contributed by atoms with van der Waals surface area (Å²) < 4.78 is 47.3. The highest BCUT2D eigenvalue weighted by Crippen LogP contribution is 2.41. The van der Waals surface area contributed by atoms with Crippen LogP contribution in [0.1, 0.15) is 60.4 Å². The van der Waals surface area contributed by atoms with E-state index in [9.17, 15) is 23.1 Å². The Morgan fingerprint density at radius 3 is 2.09 bits per heavy atom. The molecule has 1 atom stereocenters. The predicted octanol–water partition coefficient (Wildman–Crippen LogP) is 9.16. The smallest absolute Gasteiger partial charge is 0.417 e. The van der Waals surface area contributed by atoms with Gasteiger partial charge in [-0.1, -0.05) is 110 Å². The molecule has 0 saturated heterocycles. The van der Waals surface area contributed by atoms with E-state index in [2.05, 4.69) is 5.32 Å². The lowest BCUT2D eigenvalue weighted by Crippen LogP contribution is -2.42. The molecule has 4 aromatic carbocycles. The Balaban J connectivity index is 1.51. The maximum absolute atomic E-state index is 13.8. The lowest BCUT2D eigenvalue weighted by atomic mass is 9.70. The van der Waals surface area contributed by atoms with Crippen molar-refractivity contribution >= 4 is 17.6 Å². The molecule has 4 nitrogen and oxygen atoms in total. The number of hydrogen-bond acceptors (Lipinski definition) is 3. The highest BCUT2D eigenvalue weighted by Gasteiger charge is 2.38. The van der Waals surface area contributed by atoms with Crippen molar-refractivity contribution in [2.45, 2.75) is 50.6 Å². The zero-order valence-corrected chi connectivity index (χ0v) is 26.2. The number of carboxylic acid groups (broad SMARTS) is 1. The van der Waals surface area contributed by atoms with Gasteiger partial charge in [-0.15, -0.1) is 0 Å². The maximum Gasteiger partial charge on any atom is 0.417 e. The van der Waals surface area contributed by atoms with Gasteiger partial charge in [0.25, 0.3) is 0 Å². The fourth-order valence-electron chi connectivity index (χ4n) is 5.77. The van der Waals surface area contributed by atoms with Crippen LogP contribution >= 0.6 is 11.6 Å². The van der Waals surface area contributed by atoms with E-state index in [0.29, 0.717) is 43.9 Å². The van der Waals surface area contributed by atoms with Gasteiger partial charge in [-0.25, -0.2) is 0 Å². The van der Waals surface area contributed by atoms with Crippen molar-refractivity contribution in [1.29, 1.82) is 0 Å². The van der Waals surface area contributed by atoms with E-state index in [1.54, 1.807) is 12.1 Å². The van der Waals surface area contributed by atoms with E-state index in [-0.39, 0.29) is 17.4 Å². The van der Waals surface area contributed by atoms with Crippen LogP contribution in [0.2, 0.25) is 5.02 Å². The van der Waals surface area contributed by atoms with Gasteiger partial charge in [-0.05, 0) is 72.2 Å². The van der Waals surface area contributed by atoms with Crippen LogP contribution in [0.4, 0.5) is 13.2 Å². The summed E-state index contributed by atoms with van der Waals surface area (Å²) in [6, 6.07) is 30.9. The van der Waals surface area contributed by atoms with Crippen LogP contribution < -0.4 is 10.1 Å². The molecular formula is C37H39ClF3NO3. The number of halogens is 4. The molecule has 0 aromatic heterocycles. The summed E-state index contributed by atoms with van der Waals surface area (Å²) in [4.78, 5) is 11.9. The summed E-state index contributed by atoms with van der Waals surface area (Å²) in [6.07, 6.45) is -3.11. The summed E-state index contributed by atoms with van der Waals surface area (Å²) in [7, 11) is 0. The number of carboxylic acids is 1. The molecule has 0 amide bonds. The standard InChI is InChI=1S/C37H39ClF3NO3/c1-26(2)22-32(35(43)44)27-12-9-18-31(23-27)45-21-11-20-42-25-36(29-14-5-3-6-15-29,30-16-7-4-8-17-30)24-28-13-10-19-33(34(28)38)37(39,40)41/h3-10,12-19,23,26,32,42H,11,20-22,24-25H2,1-2H3,(H,43,44). The van der Waals surface area contributed by atoms with Gasteiger partial charge in [0.05, 0.1) is 23.1 Å². The van der Waals surface area contributed by atoms with Gasteiger partial charge in [0.15, 0.2) is 0 Å². The Morgan fingerprint density at radius 2 is 1.51 bits per heavy atom. The van der Waals surface area contributed by atoms with Gasteiger partial charge in [0.1, 0.15) is 5.75 Å². The molecule has 0 aliphatic carbocycles. The van der Waals surface area contributed by atoms with Gasteiger partial charge >= 0.3 is 12.1 Å². The molecule has 0 bridgehead atoms. The second kappa shape index (κ2) is 15.5. The molecule has 238 valence electrons. The average molecular weight is 638 g/mol. The minimum atomic E-state index is -4.56. The summed E-state index contributed by atoms with van der Waals surface area (Å²) in [6.45, 7) is 5.44. The molecule has 0 fully saturated rings. The summed E-state index contributed by atoms with van der Waals surface area (Å²) in [5.41, 5.74) is 1.49. The molecule has 4 aromatic rings. The van der Waals surface area contributed by atoms with Crippen molar-refractivity contribution in [2.75, 3.05) is 19.7 Å². The predicted molar refractivity (Wildman–Crippen MR) is 173 cm³/mol. The van der Waals surface area contributed by atoms with E-state index in [1.165, 1.54) is 6.07 Å². The molecule has 8 heteroatoms. The third-order valence-electron chi connectivity index (χ3n) is 7.99. The third-order valence-corrected chi connectivity index (χ3v) is 8.43. The fourth-order valence-corrected chi connectivity index (χ4v) is 6.07. The minimum absolute atomic E-state index is 0.241. The lowest BCUT2D eigenvalue weighted by Gasteiger charge is -2.36. The van der Waals surface area contributed by atoms with Crippen molar-refractivity contribution in [1.82, 2.24) is 5.32 Å². The van der Waals surface area contributed by atoms with Crippen molar-refractivity contribution in [3.63, 3.8) is 0 Å². The molecule has 0 aliphatic heterocycles. The largest absolute Gasteiger partial charge is 0.494 e. The molecule has 0 radical (unpaired) electrons. The van der Waals surface area contributed by atoms with Crippen molar-refractivity contribution in [2.24, 2.45) is 5.92 Å². The van der Waals surface area contributed by atoms with Crippen LogP contribution in [0.15, 0.2) is 103 Å². The van der Waals surface area contributed by atoms with E-state index in [1.807, 2.05) is 92.7 Å². The molecular weight excluding hydrogens is 599 g/mol. The highest BCUT2D eigenvalue weighted by atomic mass is 35.5. The van der Waals surface area contributed by atoms with E-state index >= 15 is 0 Å². The molecule has 1 unspecified atom stereocenters. The zero-order chi connectivity index (χ0) is 32.5. The highest BCUT2D eigenvalue weighted by molar-refractivity contribution is 6.32. The van der Waals surface area contributed by atoms with Crippen molar-refractivity contribution in [3.05, 3.63) is 136 Å². The number of aliphatic carboxylic acids is 1. The van der Waals surface area contributed by atoms with Crippen LogP contribution in [-0.2, 0) is 22.8 Å². The number of ether oxygens (including phenoxy) is 1. The first-order valence-corrected chi connectivity index (χ1v) is 15.5. The zero-order valence-electron chi connectivity index (χ0n) is 25.5. The SMILES string of the molecule is CC(C)CC(C(=O)O)c1cccc(OCCCNCC(Cc2cccc(C(F)(F)F)c2Cl)(c2ccccc2)c2ccccc2)c1. The first-order valence-electron chi connectivity index (χ1n) is 15.1. The Labute approximate surface area is 268 Å². The van der Waals surface area contributed by atoms with Crippen molar-refractivity contribution < 1.29 is 27.8 Å². The van der Waals surface area contributed by atoms with Gasteiger partial charge in [0.2, 0.25) is 0 Å². The average Bonchev–Trinajstić information content (AvgIpc) is 3.02. The first kappa shape index (κ1) is 34.1. The Bertz CT molecular complexity index is 1490. The monoisotopic (exact) mass is 637 g/mol. The van der Waals surface area contributed by atoms with Crippen molar-refractivity contribution in [3.8, 4) is 5.75 Å². The molecule has 0 aliphatic rings. The maximum atomic E-state index is 13.8. The number of rotatable bonds is 15. The van der Waals surface area contributed by atoms with Crippen LogP contribution in [-0.4, -0.2) is 30.8 Å². The minimum Gasteiger partial charge on any atom is -0.494 e. The number of nitrogens with one attached hydrogen (secondary N) is 1. The first-order chi connectivity index (χ1) is 21.5. The summed E-state index contributed by atoms with van der Waals surface area (Å²) >= 11 is 6.42. The quantitative estimate of drug-likeness (QED) is 0.128. The molecule has 0 saturated carbocycles. The van der Waals surface area contributed by atoms with Gasteiger partial charge in [0, 0.05) is 12.0 Å². The molecule has 45 heavy (non-hydrogen) atoms. The second-order valence-electron chi connectivity index (χ2n) is 11.7. The Hall–Kier alpha value is -3.81. The van der Waals surface area contributed by atoms with Crippen LogP contribution in [0.25, 0.3) is 0 Å². The van der Waals surface area contributed by atoms with E-state index < -0.39 is 29.0 Å². The number of carbonyl (C=O) groups is 1. The van der Waals surface area contributed by atoms with Gasteiger partial charge in [-0.3, -0.25) is 4.79 Å². The lowest BCUT2D eigenvalue weighted by molar-refractivity contribution is -0.139. The topological polar surface area (TPSA) is 58.6 Å². The van der Waals surface area contributed by atoms with E-state index in [4.69, 9.17) is 16.3 Å². The third kappa shape index (κ3) is 8.89. The van der Waals surface area contributed by atoms with Crippen LogP contribution in [0.5, 0.6) is 5.75 Å². The Kier molecular flexibility index (Phi) is 11.7. The Morgan fingerprint density at radius 1 is 0.889 bits per heavy atom. The number of alkyl halides is 3. The molecule has 2 N–H and O–H groups in total. The fraction of sp³-hybridized carbons (Fsp3) is 0.324. The molecule has 0 heterocycles. The summed E-state index contributed by atoms with van der Waals surface area (Å²) in [5.74, 6) is -0.587. The van der Waals surface area contributed by atoms with E-state index in [0.717, 1.165) is 22.8 Å². The number of hydrogen-bond donors (Lipinski definition) is 2.